The second-order valence-electron chi connectivity index (χ2n) is 4.02. The van der Waals surface area contributed by atoms with E-state index in [-0.39, 0.29) is 10.6 Å². The van der Waals surface area contributed by atoms with Crippen LogP contribution in [0.3, 0.4) is 0 Å². The molecule has 0 saturated heterocycles. The maximum atomic E-state index is 12.1. The number of nitrogens with one attached hydrogen (secondary N) is 1. The van der Waals surface area contributed by atoms with Crippen molar-refractivity contribution in [1.29, 1.82) is 0 Å². The van der Waals surface area contributed by atoms with Gasteiger partial charge in [0, 0.05) is 11.9 Å². The van der Waals surface area contributed by atoms with E-state index in [4.69, 9.17) is 9.84 Å². The van der Waals surface area contributed by atoms with Gasteiger partial charge in [0.2, 0.25) is 0 Å². The van der Waals surface area contributed by atoms with Crippen LogP contribution in [-0.2, 0) is 10.0 Å². The van der Waals surface area contributed by atoms with Gasteiger partial charge >= 0.3 is 5.97 Å². The van der Waals surface area contributed by atoms with Crippen molar-refractivity contribution < 1.29 is 23.1 Å². The second kappa shape index (κ2) is 5.80. The molecule has 0 amide bonds. The summed E-state index contributed by atoms with van der Waals surface area (Å²) >= 11 is 0. The quantitative estimate of drug-likeness (QED) is 0.869. The molecule has 1 aromatic carbocycles. The molecule has 8 heteroatoms. The summed E-state index contributed by atoms with van der Waals surface area (Å²) in [7, 11) is -2.36. The fourth-order valence-corrected chi connectivity index (χ4v) is 2.52. The molecule has 0 saturated carbocycles. The number of hydrogen-bond donors (Lipinski definition) is 2. The molecule has 0 aliphatic carbocycles. The van der Waals surface area contributed by atoms with Gasteiger partial charge in [-0.15, -0.1) is 0 Å². The van der Waals surface area contributed by atoms with Crippen molar-refractivity contribution in [1.82, 2.24) is 4.98 Å². The van der Waals surface area contributed by atoms with Crippen LogP contribution in [0, 0.1) is 0 Å². The first-order chi connectivity index (χ1) is 9.92. The third-order valence-electron chi connectivity index (χ3n) is 2.60. The highest BCUT2D eigenvalue weighted by atomic mass is 32.2. The highest BCUT2D eigenvalue weighted by Gasteiger charge is 2.16. The molecule has 21 heavy (non-hydrogen) atoms. The fraction of sp³-hybridized carbons (Fsp3) is 0.0769. The number of methoxy groups -OCH3 is 1. The summed E-state index contributed by atoms with van der Waals surface area (Å²) in [5.74, 6) is -0.573. The number of carbonyl (C=O) groups is 1. The van der Waals surface area contributed by atoms with Crippen molar-refractivity contribution in [3.63, 3.8) is 0 Å². The number of carboxylic acids is 1. The normalized spacial score (nSPS) is 10.9. The summed E-state index contributed by atoms with van der Waals surface area (Å²) < 4.78 is 31.5. The molecule has 0 radical (unpaired) electrons. The minimum absolute atomic E-state index is 0.0848. The molecule has 0 unspecified atom stereocenters. The fourth-order valence-electron chi connectivity index (χ4n) is 1.53. The van der Waals surface area contributed by atoms with Gasteiger partial charge in [0.1, 0.15) is 5.75 Å². The lowest BCUT2D eigenvalue weighted by atomic mass is 10.3. The van der Waals surface area contributed by atoms with E-state index in [9.17, 15) is 13.2 Å². The molecule has 0 atom stereocenters. The zero-order chi connectivity index (χ0) is 15.5. The number of sulfonamides is 1. The number of aromatic carboxylic acids is 1. The maximum Gasteiger partial charge on any atom is 0.337 e. The summed E-state index contributed by atoms with van der Waals surface area (Å²) in [6.07, 6.45) is 0.991. The van der Waals surface area contributed by atoms with Gasteiger partial charge in [0.25, 0.3) is 10.0 Å². The summed E-state index contributed by atoms with van der Waals surface area (Å²) in [6, 6.07) is 8.62. The zero-order valence-corrected chi connectivity index (χ0v) is 11.8. The molecule has 1 heterocycles. The third kappa shape index (κ3) is 3.48. The molecule has 0 fully saturated rings. The Labute approximate surface area is 121 Å². The van der Waals surface area contributed by atoms with Gasteiger partial charge in [0.05, 0.1) is 12.7 Å². The van der Waals surface area contributed by atoms with Crippen molar-refractivity contribution in [2.45, 2.75) is 5.03 Å². The number of ether oxygens (including phenoxy) is 1. The van der Waals surface area contributed by atoms with E-state index in [2.05, 4.69) is 9.71 Å². The van der Waals surface area contributed by atoms with E-state index in [1.807, 2.05) is 0 Å². The van der Waals surface area contributed by atoms with E-state index in [0.29, 0.717) is 11.4 Å². The first-order valence-corrected chi connectivity index (χ1v) is 7.27. The Morgan fingerprint density at radius 3 is 2.33 bits per heavy atom. The molecule has 110 valence electrons. The van der Waals surface area contributed by atoms with Crippen molar-refractivity contribution in [3.05, 3.63) is 48.2 Å². The molecule has 1 aromatic heterocycles. The minimum atomic E-state index is -3.87. The van der Waals surface area contributed by atoms with Crippen molar-refractivity contribution in [2.75, 3.05) is 11.8 Å². The molecular formula is C13H12N2O5S. The van der Waals surface area contributed by atoms with Crippen LogP contribution in [-0.4, -0.2) is 31.6 Å². The van der Waals surface area contributed by atoms with Crippen LogP contribution < -0.4 is 9.46 Å². The highest BCUT2D eigenvalue weighted by molar-refractivity contribution is 7.92. The Morgan fingerprint density at radius 1 is 1.19 bits per heavy atom. The largest absolute Gasteiger partial charge is 0.497 e. The molecule has 2 N–H and O–H groups in total. The van der Waals surface area contributed by atoms with E-state index < -0.39 is 16.0 Å². The molecular weight excluding hydrogens is 296 g/mol. The predicted molar refractivity (Wildman–Crippen MR) is 75.0 cm³/mol. The predicted octanol–water partition coefficient (Wildman–Crippen LogP) is 1.59. The van der Waals surface area contributed by atoms with Gasteiger partial charge in [-0.2, -0.15) is 8.42 Å². The van der Waals surface area contributed by atoms with Crippen LogP contribution in [0.15, 0.2) is 47.6 Å². The minimum Gasteiger partial charge on any atom is -0.497 e. The van der Waals surface area contributed by atoms with Gasteiger partial charge < -0.3 is 9.84 Å². The molecule has 7 nitrogen and oxygen atoms in total. The number of carboxylic acid groups (broad SMARTS) is 1. The first kappa shape index (κ1) is 14.8. The summed E-state index contributed by atoms with van der Waals surface area (Å²) in [5, 5.41) is 8.49. The van der Waals surface area contributed by atoms with Gasteiger partial charge in [0.15, 0.2) is 5.03 Å². The van der Waals surface area contributed by atoms with Crippen LogP contribution in [0.25, 0.3) is 0 Å². The number of pyridine rings is 1. The van der Waals surface area contributed by atoms with E-state index in [1.165, 1.54) is 13.2 Å². The molecule has 0 aliphatic heterocycles. The van der Waals surface area contributed by atoms with E-state index >= 15 is 0 Å². The van der Waals surface area contributed by atoms with Crippen molar-refractivity contribution in [3.8, 4) is 5.75 Å². The number of nitrogens with zero attached hydrogens (tertiary/aromatic N) is 1. The lowest BCUT2D eigenvalue weighted by Gasteiger charge is -2.08. The van der Waals surface area contributed by atoms with Crippen LogP contribution in [0.1, 0.15) is 10.4 Å². The number of hydrogen-bond acceptors (Lipinski definition) is 5. The van der Waals surface area contributed by atoms with Gasteiger partial charge in [-0.05, 0) is 36.4 Å². The van der Waals surface area contributed by atoms with Crippen molar-refractivity contribution >= 4 is 21.7 Å². The Bertz CT molecular complexity index is 739. The molecule has 0 aliphatic rings. The molecule has 0 bridgehead atoms. The Balaban J connectivity index is 2.22. The van der Waals surface area contributed by atoms with E-state index in [0.717, 1.165) is 12.3 Å². The monoisotopic (exact) mass is 308 g/mol. The Kier molecular flexibility index (Phi) is 4.08. The van der Waals surface area contributed by atoms with Crippen LogP contribution in [0.4, 0.5) is 5.69 Å². The molecule has 2 rings (SSSR count). The topological polar surface area (TPSA) is 106 Å². The maximum absolute atomic E-state index is 12.1. The summed E-state index contributed by atoms with van der Waals surface area (Å²) in [4.78, 5) is 14.3. The Morgan fingerprint density at radius 2 is 1.86 bits per heavy atom. The second-order valence-corrected chi connectivity index (χ2v) is 5.65. The summed E-state index contributed by atoms with van der Waals surface area (Å²) in [6.45, 7) is 0. The highest BCUT2D eigenvalue weighted by Crippen LogP contribution is 2.18. The van der Waals surface area contributed by atoms with E-state index in [1.54, 1.807) is 24.3 Å². The average molecular weight is 308 g/mol. The Hall–Kier alpha value is -2.61. The van der Waals surface area contributed by atoms with Crippen LogP contribution in [0.2, 0.25) is 0 Å². The number of benzene rings is 1. The molecule has 0 spiro atoms. The van der Waals surface area contributed by atoms with Crippen LogP contribution in [0.5, 0.6) is 5.75 Å². The lowest BCUT2D eigenvalue weighted by molar-refractivity contribution is 0.0696. The smallest absolute Gasteiger partial charge is 0.337 e. The SMILES string of the molecule is COc1ccc(NS(=O)(=O)c2ccc(C(=O)O)cn2)cc1. The third-order valence-corrected chi connectivity index (χ3v) is 3.90. The number of anilines is 1. The standard InChI is InChI=1S/C13H12N2O5S/c1-20-11-5-3-10(4-6-11)15-21(18,19)12-7-2-9(8-14-12)13(16)17/h2-8,15H,1H3,(H,16,17). The zero-order valence-electron chi connectivity index (χ0n) is 11.0. The van der Waals surface area contributed by atoms with Crippen LogP contribution >= 0.6 is 0 Å². The van der Waals surface area contributed by atoms with Gasteiger partial charge in [-0.1, -0.05) is 0 Å². The average Bonchev–Trinajstić information content (AvgIpc) is 2.48. The number of rotatable bonds is 5. The first-order valence-electron chi connectivity index (χ1n) is 5.78. The summed E-state index contributed by atoms with van der Waals surface area (Å²) in [5.41, 5.74) is 0.262. The lowest BCUT2D eigenvalue weighted by Crippen LogP contribution is -2.14. The van der Waals surface area contributed by atoms with Gasteiger partial charge in [-0.25, -0.2) is 9.78 Å². The van der Waals surface area contributed by atoms with Gasteiger partial charge in [-0.3, -0.25) is 4.72 Å². The molecule has 2 aromatic rings. The number of aromatic nitrogens is 1. The van der Waals surface area contributed by atoms with Crippen molar-refractivity contribution in [2.24, 2.45) is 0 Å².